The Bertz CT molecular complexity index is 889. The van der Waals surface area contributed by atoms with Crippen LogP contribution < -0.4 is 21.7 Å². The first-order valence-corrected chi connectivity index (χ1v) is 13.1. The molecule has 4 atom stereocenters. The molecule has 12 nitrogen and oxygen atoms in total. The molecule has 1 fully saturated rings. The number of carbonyl (C=O) groups is 6. The van der Waals surface area contributed by atoms with Gasteiger partial charge >= 0.3 is 5.97 Å². The van der Waals surface area contributed by atoms with Crippen LogP contribution in [-0.4, -0.2) is 84.1 Å². The molecule has 0 radical (unpaired) electrons. The monoisotopic (exact) mass is 537 g/mol. The van der Waals surface area contributed by atoms with Crippen molar-refractivity contribution >= 4 is 35.4 Å². The fourth-order valence-electron chi connectivity index (χ4n) is 3.97. The second kappa shape index (κ2) is 15.9. The van der Waals surface area contributed by atoms with E-state index in [1.165, 1.54) is 11.0 Å². The van der Waals surface area contributed by atoms with Crippen molar-refractivity contribution in [1.82, 2.24) is 20.9 Å². The number of likely N-dealkylation sites (tertiary alicyclic amines) is 1. The van der Waals surface area contributed by atoms with Crippen molar-refractivity contribution in [2.45, 2.75) is 84.5 Å². The van der Waals surface area contributed by atoms with Gasteiger partial charge in [-0.2, -0.15) is 0 Å². The highest BCUT2D eigenvalue weighted by Gasteiger charge is 2.40. The summed E-state index contributed by atoms with van der Waals surface area (Å²) >= 11 is 0. The Kier molecular flexibility index (Phi) is 13.7. The zero-order valence-corrected chi connectivity index (χ0v) is 23.1. The molecule has 1 heterocycles. The fourth-order valence-corrected chi connectivity index (χ4v) is 3.97. The topological polar surface area (TPSA) is 177 Å². The van der Waals surface area contributed by atoms with Crippen LogP contribution in [0.15, 0.2) is 12.7 Å². The number of carbonyl (C=O) groups excluding carboxylic acids is 6. The van der Waals surface area contributed by atoms with Crippen molar-refractivity contribution in [3.05, 3.63) is 12.7 Å². The summed E-state index contributed by atoms with van der Waals surface area (Å²) in [6.45, 7) is 12.2. The van der Waals surface area contributed by atoms with Gasteiger partial charge in [0.1, 0.15) is 25.2 Å². The SMILES string of the molecule is C=CCOC(=O)CNC(=O)C(=O)C(CCC)NC(=O)C1CCCN1C(=O)C(NC(=O)C(N)C(C)C)C(C)C. The molecule has 38 heavy (non-hydrogen) atoms. The summed E-state index contributed by atoms with van der Waals surface area (Å²) in [6.07, 6.45) is 2.99. The number of nitrogens with one attached hydrogen (secondary N) is 3. The lowest BCUT2D eigenvalue weighted by Crippen LogP contribution is -2.59. The molecule has 5 N–H and O–H groups in total. The molecule has 1 aliphatic rings. The summed E-state index contributed by atoms with van der Waals surface area (Å²) in [5, 5.41) is 7.53. The number of Topliss-reactive ketones (excluding diaryl/α,β-unsaturated/α-hetero) is 1. The number of ketones is 1. The van der Waals surface area contributed by atoms with Gasteiger partial charge in [0.05, 0.1) is 12.1 Å². The van der Waals surface area contributed by atoms with Crippen molar-refractivity contribution in [1.29, 1.82) is 0 Å². The maximum absolute atomic E-state index is 13.4. The van der Waals surface area contributed by atoms with E-state index in [1.54, 1.807) is 34.6 Å². The van der Waals surface area contributed by atoms with E-state index < -0.39 is 66.1 Å². The smallest absolute Gasteiger partial charge is 0.325 e. The van der Waals surface area contributed by atoms with E-state index in [4.69, 9.17) is 10.5 Å². The first kappa shape index (κ1) is 32.7. The Morgan fingerprint density at radius 3 is 2.29 bits per heavy atom. The van der Waals surface area contributed by atoms with E-state index in [2.05, 4.69) is 22.5 Å². The molecule has 0 aromatic carbocycles. The van der Waals surface area contributed by atoms with Crippen molar-refractivity contribution < 1.29 is 33.5 Å². The molecule has 0 bridgehead atoms. The number of amides is 4. The van der Waals surface area contributed by atoms with Crippen molar-refractivity contribution in [3.63, 3.8) is 0 Å². The number of ether oxygens (including phenoxy) is 1. The molecule has 0 spiro atoms. The largest absolute Gasteiger partial charge is 0.460 e. The third kappa shape index (κ3) is 9.55. The van der Waals surface area contributed by atoms with Gasteiger partial charge in [-0.1, -0.05) is 53.7 Å². The molecule has 0 aromatic rings. The predicted molar refractivity (Wildman–Crippen MR) is 140 cm³/mol. The van der Waals surface area contributed by atoms with Crippen LogP contribution in [0.5, 0.6) is 0 Å². The van der Waals surface area contributed by atoms with Gasteiger partial charge in [-0.15, -0.1) is 0 Å². The van der Waals surface area contributed by atoms with Crippen molar-refractivity contribution in [2.24, 2.45) is 17.6 Å². The van der Waals surface area contributed by atoms with Crippen LogP contribution in [0.25, 0.3) is 0 Å². The number of esters is 1. The number of rotatable bonds is 15. The minimum atomic E-state index is -1.13. The summed E-state index contributed by atoms with van der Waals surface area (Å²) in [5.74, 6) is -4.45. The molecule has 12 heteroatoms. The highest BCUT2D eigenvalue weighted by atomic mass is 16.5. The van der Waals surface area contributed by atoms with Crippen LogP contribution in [0.3, 0.4) is 0 Å². The van der Waals surface area contributed by atoms with Crippen molar-refractivity contribution in [2.75, 3.05) is 19.7 Å². The first-order chi connectivity index (χ1) is 17.8. The number of nitrogens with two attached hydrogens (primary N) is 1. The van der Waals surface area contributed by atoms with Crippen LogP contribution in [-0.2, 0) is 33.5 Å². The Morgan fingerprint density at radius 1 is 1.08 bits per heavy atom. The molecule has 0 aliphatic carbocycles. The molecule has 0 aromatic heterocycles. The second-order valence-corrected chi connectivity index (χ2v) is 10.1. The first-order valence-electron chi connectivity index (χ1n) is 13.1. The minimum Gasteiger partial charge on any atom is -0.460 e. The zero-order valence-electron chi connectivity index (χ0n) is 23.1. The van der Waals surface area contributed by atoms with E-state index in [-0.39, 0.29) is 24.9 Å². The van der Waals surface area contributed by atoms with E-state index in [0.29, 0.717) is 25.8 Å². The maximum atomic E-state index is 13.4. The van der Waals surface area contributed by atoms with Crippen LogP contribution in [0.4, 0.5) is 0 Å². The van der Waals surface area contributed by atoms with E-state index in [9.17, 15) is 28.8 Å². The predicted octanol–water partition coefficient (Wildman–Crippen LogP) is -0.199. The Hall–Kier alpha value is -3.28. The van der Waals surface area contributed by atoms with Gasteiger partial charge in [0.15, 0.2) is 0 Å². The zero-order chi connectivity index (χ0) is 29.0. The normalized spacial score (nSPS) is 17.4. The van der Waals surface area contributed by atoms with Crippen LogP contribution in [0.1, 0.15) is 60.3 Å². The average Bonchev–Trinajstić information content (AvgIpc) is 3.37. The van der Waals surface area contributed by atoms with E-state index in [1.807, 2.05) is 0 Å². The number of nitrogens with zero attached hydrogens (tertiary/aromatic N) is 1. The molecule has 4 amide bonds. The Labute approximate surface area is 224 Å². The van der Waals surface area contributed by atoms with Crippen molar-refractivity contribution in [3.8, 4) is 0 Å². The van der Waals surface area contributed by atoms with E-state index in [0.717, 1.165) is 0 Å². The average molecular weight is 538 g/mol. The van der Waals surface area contributed by atoms with E-state index >= 15 is 0 Å². The Balaban J connectivity index is 2.91. The number of hydrogen-bond donors (Lipinski definition) is 4. The Morgan fingerprint density at radius 2 is 1.74 bits per heavy atom. The molecule has 1 rings (SSSR count). The summed E-state index contributed by atoms with van der Waals surface area (Å²) in [5.41, 5.74) is 5.94. The summed E-state index contributed by atoms with van der Waals surface area (Å²) < 4.78 is 4.76. The van der Waals surface area contributed by atoms with Gasteiger partial charge < -0.3 is 31.3 Å². The van der Waals surface area contributed by atoms with Gasteiger partial charge in [0.25, 0.3) is 5.91 Å². The molecule has 1 saturated heterocycles. The van der Waals surface area contributed by atoms with Crippen LogP contribution in [0, 0.1) is 11.8 Å². The highest BCUT2D eigenvalue weighted by Crippen LogP contribution is 2.21. The fraction of sp³-hybridized carbons (Fsp3) is 0.692. The minimum absolute atomic E-state index is 0.0281. The molecule has 0 saturated carbocycles. The lowest BCUT2D eigenvalue weighted by molar-refractivity contribution is -0.145. The molecular weight excluding hydrogens is 494 g/mol. The number of hydrogen-bond acceptors (Lipinski definition) is 8. The van der Waals surface area contributed by atoms with Gasteiger partial charge in [0, 0.05) is 6.54 Å². The third-order valence-electron chi connectivity index (χ3n) is 6.28. The summed E-state index contributed by atoms with van der Waals surface area (Å²) in [4.78, 5) is 77.2. The van der Waals surface area contributed by atoms with Gasteiger partial charge in [0.2, 0.25) is 23.5 Å². The van der Waals surface area contributed by atoms with Crippen LogP contribution in [0.2, 0.25) is 0 Å². The summed E-state index contributed by atoms with van der Waals surface area (Å²) in [6, 6.07) is -3.64. The maximum Gasteiger partial charge on any atom is 0.325 e. The second-order valence-electron chi connectivity index (χ2n) is 10.1. The lowest BCUT2D eigenvalue weighted by Gasteiger charge is -2.32. The molecule has 4 unspecified atom stereocenters. The standard InChI is InChI=1S/C26H43N5O7/c1-7-10-17(22(33)25(36)28-14-19(32)38-13-8-2)29-23(34)18-11-9-12-31(18)26(37)21(16(5)6)30-24(35)20(27)15(3)4/h8,15-18,20-21H,2,7,9-14,27H2,1,3-6H3,(H,28,36)(H,29,34)(H,30,35). The van der Waals surface area contributed by atoms with Gasteiger partial charge in [-0.05, 0) is 31.1 Å². The third-order valence-corrected chi connectivity index (χ3v) is 6.28. The summed E-state index contributed by atoms with van der Waals surface area (Å²) in [7, 11) is 0. The quantitative estimate of drug-likeness (QED) is 0.126. The molecule has 1 aliphatic heterocycles. The van der Waals surface area contributed by atoms with Gasteiger partial charge in [-0.25, -0.2) is 0 Å². The van der Waals surface area contributed by atoms with Gasteiger partial charge in [-0.3, -0.25) is 28.8 Å². The lowest BCUT2D eigenvalue weighted by atomic mass is 9.99. The molecular formula is C26H43N5O7. The molecule has 214 valence electrons. The van der Waals surface area contributed by atoms with Crippen LogP contribution >= 0.6 is 0 Å². The highest BCUT2D eigenvalue weighted by molar-refractivity contribution is 6.38.